The van der Waals surface area contributed by atoms with Gasteiger partial charge in [0, 0.05) is 31.4 Å². The molecule has 2 aromatic carbocycles. The number of aryl methyl sites for hydroxylation is 2. The summed E-state index contributed by atoms with van der Waals surface area (Å²) >= 11 is 0. The fourth-order valence-corrected chi connectivity index (χ4v) is 4.36. The average molecular weight is 375 g/mol. The zero-order valence-corrected chi connectivity index (χ0v) is 16.4. The van der Waals surface area contributed by atoms with Gasteiger partial charge < -0.3 is 9.47 Å². The van der Waals surface area contributed by atoms with E-state index in [2.05, 4.69) is 53.5 Å². The molecule has 2 aliphatic heterocycles. The Kier molecular flexibility index (Phi) is 4.32. The molecule has 0 radical (unpaired) electrons. The van der Waals surface area contributed by atoms with Gasteiger partial charge in [-0.3, -0.25) is 9.58 Å². The highest BCUT2D eigenvalue weighted by atomic mass is 16.7. The number of rotatable bonds is 4. The molecule has 2 aliphatic rings. The molecule has 1 atom stereocenters. The van der Waals surface area contributed by atoms with Gasteiger partial charge in [-0.2, -0.15) is 5.10 Å². The lowest BCUT2D eigenvalue weighted by Crippen LogP contribution is -2.23. The summed E-state index contributed by atoms with van der Waals surface area (Å²) in [5.41, 5.74) is 6.43. The lowest BCUT2D eigenvalue weighted by atomic mass is 10.00. The minimum Gasteiger partial charge on any atom is -0.454 e. The van der Waals surface area contributed by atoms with Gasteiger partial charge in [-0.25, -0.2) is 0 Å². The van der Waals surface area contributed by atoms with Crippen LogP contribution in [-0.4, -0.2) is 28.0 Å². The van der Waals surface area contributed by atoms with E-state index in [1.807, 2.05) is 24.0 Å². The quantitative estimate of drug-likeness (QED) is 0.675. The predicted molar refractivity (Wildman–Crippen MR) is 108 cm³/mol. The first-order valence-electron chi connectivity index (χ1n) is 9.89. The van der Waals surface area contributed by atoms with Crippen molar-refractivity contribution in [1.82, 2.24) is 14.7 Å². The van der Waals surface area contributed by atoms with E-state index in [0.29, 0.717) is 12.8 Å². The zero-order chi connectivity index (χ0) is 19.1. The molecule has 0 aliphatic carbocycles. The van der Waals surface area contributed by atoms with Crippen molar-refractivity contribution in [3.8, 4) is 22.6 Å². The Hall–Kier alpha value is -2.79. The maximum atomic E-state index is 5.58. The normalized spacial score (nSPS) is 18.7. The van der Waals surface area contributed by atoms with Gasteiger partial charge in [0.2, 0.25) is 6.79 Å². The van der Waals surface area contributed by atoms with E-state index in [1.165, 1.54) is 35.1 Å². The second-order valence-corrected chi connectivity index (χ2v) is 7.79. The van der Waals surface area contributed by atoms with E-state index in [4.69, 9.17) is 9.47 Å². The molecule has 5 nitrogen and oxygen atoms in total. The van der Waals surface area contributed by atoms with Gasteiger partial charge in [0.05, 0.1) is 6.20 Å². The van der Waals surface area contributed by atoms with Crippen molar-refractivity contribution >= 4 is 0 Å². The van der Waals surface area contributed by atoms with Crippen LogP contribution in [0.3, 0.4) is 0 Å². The van der Waals surface area contributed by atoms with Crippen LogP contribution in [0.4, 0.5) is 0 Å². The highest BCUT2D eigenvalue weighted by Crippen LogP contribution is 2.39. The number of ether oxygens (including phenoxy) is 2. The summed E-state index contributed by atoms with van der Waals surface area (Å²) in [5.74, 6) is 1.73. The molecule has 3 heterocycles. The maximum Gasteiger partial charge on any atom is 0.231 e. The van der Waals surface area contributed by atoms with Crippen LogP contribution < -0.4 is 9.47 Å². The monoisotopic (exact) mass is 375 g/mol. The van der Waals surface area contributed by atoms with Crippen molar-refractivity contribution in [2.45, 2.75) is 32.4 Å². The summed E-state index contributed by atoms with van der Waals surface area (Å²) in [4.78, 5) is 2.59. The summed E-state index contributed by atoms with van der Waals surface area (Å²) < 4.78 is 12.9. The Morgan fingerprint density at radius 2 is 1.96 bits per heavy atom. The maximum absolute atomic E-state index is 5.58. The summed E-state index contributed by atoms with van der Waals surface area (Å²) in [5, 5.41) is 4.29. The topological polar surface area (TPSA) is 39.5 Å². The third-order valence-electron chi connectivity index (χ3n) is 5.90. The highest BCUT2D eigenvalue weighted by Gasteiger charge is 2.28. The predicted octanol–water partition coefficient (Wildman–Crippen LogP) is 4.46. The van der Waals surface area contributed by atoms with E-state index < -0.39 is 0 Å². The first-order chi connectivity index (χ1) is 13.7. The number of hydrogen-bond donors (Lipinski definition) is 0. The van der Waals surface area contributed by atoms with Gasteiger partial charge in [-0.1, -0.05) is 24.3 Å². The molecule has 1 saturated heterocycles. The van der Waals surface area contributed by atoms with Crippen molar-refractivity contribution in [2.75, 3.05) is 13.3 Å². The van der Waals surface area contributed by atoms with E-state index in [1.54, 1.807) is 0 Å². The lowest BCUT2D eigenvalue weighted by Gasteiger charge is -2.26. The molecule has 5 heteroatoms. The molecular formula is C23H25N3O2. The van der Waals surface area contributed by atoms with Crippen LogP contribution in [0.15, 0.2) is 48.8 Å². The molecule has 0 amide bonds. The molecular weight excluding hydrogens is 350 g/mol. The van der Waals surface area contributed by atoms with Crippen LogP contribution in [0.2, 0.25) is 0 Å². The lowest BCUT2D eigenvalue weighted by molar-refractivity contribution is 0.173. The Morgan fingerprint density at radius 1 is 1.07 bits per heavy atom. The van der Waals surface area contributed by atoms with E-state index in [-0.39, 0.29) is 0 Å². The average Bonchev–Trinajstić information content (AvgIpc) is 3.43. The third-order valence-corrected chi connectivity index (χ3v) is 5.90. The Labute approximate surface area is 165 Å². The van der Waals surface area contributed by atoms with Gasteiger partial charge in [0.25, 0.3) is 0 Å². The smallest absolute Gasteiger partial charge is 0.231 e. The number of fused-ring (bicyclic) bond motifs is 1. The molecule has 144 valence electrons. The summed E-state index contributed by atoms with van der Waals surface area (Å²) in [6.07, 6.45) is 6.40. The Morgan fingerprint density at radius 3 is 2.79 bits per heavy atom. The molecule has 0 saturated carbocycles. The van der Waals surface area contributed by atoms with Gasteiger partial charge in [0.1, 0.15) is 0 Å². The fourth-order valence-electron chi connectivity index (χ4n) is 4.36. The van der Waals surface area contributed by atoms with Crippen molar-refractivity contribution < 1.29 is 9.47 Å². The number of benzene rings is 2. The molecule has 0 spiro atoms. The number of likely N-dealkylation sites (tertiary alicyclic amines) is 1. The van der Waals surface area contributed by atoms with Crippen molar-refractivity contribution in [3.63, 3.8) is 0 Å². The van der Waals surface area contributed by atoms with Crippen molar-refractivity contribution in [1.29, 1.82) is 0 Å². The second kappa shape index (κ2) is 6.99. The summed E-state index contributed by atoms with van der Waals surface area (Å²) in [6.45, 7) is 4.64. The van der Waals surface area contributed by atoms with Gasteiger partial charge in [0.15, 0.2) is 11.5 Å². The zero-order valence-electron chi connectivity index (χ0n) is 16.4. The number of nitrogens with zero attached hydrogens (tertiary/aromatic N) is 3. The van der Waals surface area contributed by atoms with Crippen LogP contribution in [0.5, 0.6) is 11.5 Å². The molecule has 5 rings (SSSR count). The minimum atomic E-state index is 0.329. The summed E-state index contributed by atoms with van der Waals surface area (Å²) in [7, 11) is 1.95. The Bertz CT molecular complexity index is 1010. The van der Waals surface area contributed by atoms with Gasteiger partial charge in [-0.15, -0.1) is 0 Å². The van der Waals surface area contributed by atoms with Gasteiger partial charge >= 0.3 is 0 Å². The van der Waals surface area contributed by atoms with Crippen LogP contribution >= 0.6 is 0 Å². The standard InChI is InChI=1S/C23H25N3O2/c1-16-10-17(20-12-24-25(2)13-20)5-6-19(16)14-26-9-3-4-21(26)18-7-8-22-23(11-18)28-15-27-22/h5-8,10-13,21H,3-4,9,14-15H2,1-2H3/t21-/m0/s1. The first kappa shape index (κ1) is 17.3. The molecule has 0 unspecified atom stereocenters. The van der Waals surface area contributed by atoms with Crippen LogP contribution in [-0.2, 0) is 13.6 Å². The first-order valence-corrected chi connectivity index (χ1v) is 9.89. The fraction of sp³-hybridized carbons (Fsp3) is 0.348. The molecule has 1 fully saturated rings. The SMILES string of the molecule is Cc1cc(-c2cnn(C)c2)ccc1CN1CCC[C@H]1c1ccc2c(c1)OCO2. The van der Waals surface area contributed by atoms with E-state index in [0.717, 1.165) is 30.2 Å². The van der Waals surface area contributed by atoms with Crippen molar-refractivity contribution in [3.05, 3.63) is 65.5 Å². The van der Waals surface area contributed by atoms with Crippen LogP contribution in [0.25, 0.3) is 11.1 Å². The second-order valence-electron chi connectivity index (χ2n) is 7.79. The Balaban J connectivity index is 1.36. The molecule has 0 N–H and O–H groups in total. The van der Waals surface area contributed by atoms with E-state index in [9.17, 15) is 0 Å². The molecule has 28 heavy (non-hydrogen) atoms. The van der Waals surface area contributed by atoms with Crippen LogP contribution in [0, 0.1) is 6.92 Å². The molecule has 0 bridgehead atoms. The largest absolute Gasteiger partial charge is 0.454 e. The van der Waals surface area contributed by atoms with Crippen LogP contribution in [0.1, 0.15) is 35.6 Å². The minimum absolute atomic E-state index is 0.329. The van der Waals surface area contributed by atoms with Crippen molar-refractivity contribution in [2.24, 2.45) is 7.05 Å². The highest BCUT2D eigenvalue weighted by molar-refractivity contribution is 5.63. The number of hydrogen-bond acceptors (Lipinski definition) is 4. The third kappa shape index (κ3) is 3.16. The molecule has 1 aromatic heterocycles. The van der Waals surface area contributed by atoms with E-state index >= 15 is 0 Å². The van der Waals surface area contributed by atoms with Gasteiger partial charge in [-0.05, 0) is 60.7 Å². The number of aromatic nitrogens is 2. The molecule has 3 aromatic rings. The summed E-state index contributed by atoms with van der Waals surface area (Å²) in [6, 6.07) is 13.6.